The molecule has 0 aliphatic heterocycles. The first-order chi connectivity index (χ1) is 23.3. The topological polar surface area (TPSA) is 80.9 Å². The smallest absolute Gasteiger partial charge is 0.186 e. The van der Waals surface area contributed by atoms with Crippen LogP contribution in [0.3, 0.4) is 0 Å². The molecule has 0 spiro atoms. The number of benzene rings is 5. The molecule has 0 amide bonds. The first kappa shape index (κ1) is 31.5. The Balaban J connectivity index is 1.50. The van der Waals surface area contributed by atoms with Crippen LogP contribution in [0.4, 0.5) is 0 Å². The van der Waals surface area contributed by atoms with Crippen LogP contribution in [0.5, 0.6) is 0 Å². The third kappa shape index (κ3) is 5.49. The van der Waals surface area contributed by atoms with Gasteiger partial charge in [0.05, 0.1) is 10.8 Å². The van der Waals surface area contributed by atoms with Crippen molar-refractivity contribution in [3.8, 4) is 0 Å². The fourth-order valence-corrected chi connectivity index (χ4v) is 7.52. The summed E-state index contributed by atoms with van der Waals surface area (Å²) >= 11 is 0. The molecular weight excluding hydrogens is 592 g/mol. The molecular formula is C44H38O4. The van der Waals surface area contributed by atoms with E-state index in [1.54, 1.807) is 0 Å². The zero-order valence-electron chi connectivity index (χ0n) is 26.5. The third-order valence-electron chi connectivity index (χ3n) is 9.75. The van der Waals surface area contributed by atoms with Crippen molar-refractivity contribution < 1.29 is 20.4 Å². The van der Waals surface area contributed by atoms with E-state index in [2.05, 4.69) is 72.8 Å². The van der Waals surface area contributed by atoms with E-state index in [9.17, 15) is 20.4 Å². The van der Waals surface area contributed by atoms with Gasteiger partial charge in [-0.25, -0.2) is 0 Å². The second-order valence-electron chi connectivity index (χ2n) is 12.7. The molecule has 0 aromatic heterocycles. The third-order valence-corrected chi connectivity index (χ3v) is 9.75. The van der Waals surface area contributed by atoms with Crippen molar-refractivity contribution in [1.82, 2.24) is 0 Å². The summed E-state index contributed by atoms with van der Waals surface area (Å²) < 4.78 is 0. The second kappa shape index (κ2) is 12.5. The van der Waals surface area contributed by atoms with E-state index in [1.165, 1.54) is 12.2 Å². The molecule has 0 heterocycles. The van der Waals surface area contributed by atoms with Gasteiger partial charge in [-0.05, 0) is 56.7 Å². The SMILES string of the molecule is OC1(O)C=CC(C(c2ccccc2)(c2ccccc2)c2ccc(C(C3=CCC(O)(O)C=C3)(c3ccccc3)c3ccccc3)cc2)=CC1. The van der Waals surface area contributed by atoms with Crippen molar-refractivity contribution in [2.45, 2.75) is 35.2 Å². The molecule has 5 aromatic carbocycles. The Bertz CT molecular complexity index is 1760. The number of allylic oxidation sites excluding steroid dienone is 4. The maximum Gasteiger partial charge on any atom is 0.186 e. The highest BCUT2D eigenvalue weighted by atomic mass is 16.5. The van der Waals surface area contributed by atoms with Gasteiger partial charge in [0.2, 0.25) is 0 Å². The molecule has 2 aliphatic rings. The lowest BCUT2D eigenvalue weighted by atomic mass is 9.61. The predicted octanol–water partition coefficient (Wildman–Crippen LogP) is 7.49. The zero-order valence-corrected chi connectivity index (χ0v) is 26.5. The zero-order chi connectivity index (χ0) is 33.2. The van der Waals surface area contributed by atoms with Crippen molar-refractivity contribution in [2.75, 3.05) is 0 Å². The number of aliphatic hydroxyl groups is 4. The average Bonchev–Trinajstić information content (AvgIpc) is 3.12. The summed E-state index contributed by atoms with van der Waals surface area (Å²) in [5.74, 6) is -3.81. The van der Waals surface area contributed by atoms with E-state index in [-0.39, 0.29) is 12.8 Å². The fraction of sp³-hybridized carbons (Fsp3) is 0.136. The Morgan fingerprint density at radius 3 is 0.833 bits per heavy atom. The van der Waals surface area contributed by atoms with E-state index in [0.717, 1.165) is 44.5 Å². The van der Waals surface area contributed by atoms with Crippen molar-refractivity contribution in [2.24, 2.45) is 0 Å². The quantitative estimate of drug-likeness (QED) is 0.106. The Hall–Kier alpha value is -5.10. The maximum atomic E-state index is 10.5. The molecule has 4 heteroatoms. The van der Waals surface area contributed by atoms with Crippen LogP contribution in [0, 0.1) is 0 Å². The Labute approximate surface area is 281 Å². The molecule has 0 saturated carbocycles. The molecule has 0 saturated heterocycles. The van der Waals surface area contributed by atoms with Gasteiger partial charge in [0.25, 0.3) is 0 Å². The van der Waals surface area contributed by atoms with Crippen LogP contribution in [-0.2, 0) is 10.8 Å². The molecule has 5 aromatic rings. The van der Waals surface area contributed by atoms with Crippen molar-refractivity contribution in [3.63, 3.8) is 0 Å². The normalized spacial score (nSPS) is 17.0. The highest BCUT2D eigenvalue weighted by Gasteiger charge is 2.43. The molecule has 0 radical (unpaired) electrons. The minimum absolute atomic E-state index is 0.0706. The summed E-state index contributed by atoms with van der Waals surface area (Å²) in [5.41, 5.74) is 6.66. The summed E-state index contributed by atoms with van der Waals surface area (Å²) in [7, 11) is 0. The van der Waals surface area contributed by atoms with Gasteiger partial charge in [0.1, 0.15) is 0 Å². The minimum atomic E-state index is -1.90. The molecule has 2 aliphatic carbocycles. The van der Waals surface area contributed by atoms with Gasteiger partial charge in [-0.1, -0.05) is 170 Å². The number of hydrogen-bond acceptors (Lipinski definition) is 4. The van der Waals surface area contributed by atoms with Crippen LogP contribution in [-0.4, -0.2) is 32.0 Å². The van der Waals surface area contributed by atoms with Gasteiger partial charge in [-0.3, -0.25) is 0 Å². The second-order valence-corrected chi connectivity index (χ2v) is 12.7. The molecule has 4 nitrogen and oxygen atoms in total. The molecule has 48 heavy (non-hydrogen) atoms. The molecule has 0 atom stereocenters. The highest BCUT2D eigenvalue weighted by Crippen LogP contribution is 2.50. The van der Waals surface area contributed by atoms with Crippen LogP contribution in [0.25, 0.3) is 0 Å². The molecule has 7 rings (SSSR count). The van der Waals surface area contributed by atoms with E-state index >= 15 is 0 Å². The van der Waals surface area contributed by atoms with E-state index in [4.69, 9.17) is 0 Å². The number of hydrogen-bond donors (Lipinski definition) is 4. The van der Waals surface area contributed by atoms with Gasteiger partial charge in [0.15, 0.2) is 11.6 Å². The molecule has 0 fully saturated rings. The first-order valence-electron chi connectivity index (χ1n) is 16.3. The Morgan fingerprint density at radius 1 is 0.354 bits per heavy atom. The Morgan fingerprint density at radius 2 is 0.604 bits per heavy atom. The lowest BCUT2D eigenvalue weighted by Crippen LogP contribution is -2.36. The van der Waals surface area contributed by atoms with Crippen molar-refractivity contribution in [3.05, 3.63) is 227 Å². The molecule has 4 N–H and O–H groups in total. The van der Waals surface area contributed by atoms with Crippen LogP contribution in [0.15, 0.2) is 193 Å². The standard InChI is InChI=1S/C44H38O4/c45-41(46)29-25-39(26-30-41)43(33-13-5-1-6-14-33,34-15-7-2-8-16-34)37-21-23-38(24-22-37)44(35-17-9-3-10-18-35,36-19-11-4-12-20-36)40-27-31-42(47,48)32-28-40/h1-29,31,45-48H,30,32H2. The lowest BCUT2D eigenvalue weighted by Gasteiger charge is -2.41. The van der Waals surface area contributed by atoms with Gasteiger partial charge in [-0.2, -0.15) is 0 Å². The summed E-state index contributed by atoms with van der Waals surface area (Å²) in [6, 6.07) is 50.1. The van der Waals surface area contributed by atoms with E-state index in [0.29, 0.717) is 0 Å². The van der Waals surface area contributed by atoms with Gasteiger partial charge in [-0.15, -0.1) is 0 Å². The monoisotopic (exact) mass is 630 g/mol. The van der Waals surface area contributed by atoms with Crippen molar-refractivity contribution >= 4 is 0 Å². The van der Waals surface area contributed by atoms with E-state index < -0.39 is 22.4 Å². The van der Waals surface area contributed by atoms with Gasteiger partial charge < -0.3 is 20.4 Å². The summed E-state index contributed by atoms with van der Waals surface area (Å²) in [4.78, 5) is 0. The number of rotatable bonds is 8. The summed E-state index contributed by atoms with van der Waals surface area (Å²) in [5, 5.41) is 41.8. The average molecular weight is 631 g/mol. The first-order valence-corrected chi connectivity index (χ1v) is 16.3. The molecule has 0 bridgehead atoms. The van der Waals surface area contributed by atoms with Crippen LogP contribution in [0.2, 0.25) is 0 Å². The fourth-order valence-electron chi connectivity index (χ4n) is 7.52. The summed E-state index contributed by atoms with van der Waals surface area (Å²) in [6.45, 7) is 0. The lowest BCUT2D eigenvalue weighted by molar-refractivity contribution is -0.116. The van der Waals surface area contributed by atoms with Gasteiger partial charge in [0, 0.05) is 12.8 Å². The van der Waals surface area contributed by atoms with Crippen LogP contribution < -0.4 is 0 Å². The maximum absolute atomic E-state index is 10.5. The van der Waals surface area contributed by atoms with Crippen LogP contribution >= 0.6 is 0 Å². The van der Waals surface area contributed by atoms with Gasteiger partial charge >= 0.3 is 0 Å². The Kier molecular flexibility index (Phi) is 8.20. The van der Waals surface area contributed by atoms with Crippen molar-refractivity contribution in [1.29, 1.82) is 0 Å². The van der Waals surface area contributed by atoms with Crippen LogP contribution in [0.1, 0.15) is 46.2 Å². The van der Waals surface area contributed by atoms with E-state index in [1.807, 2.05) is 97.1 Å². The summed E-state index contributed by atoms with van der Waals surface area (Å²) in [6.07, 6.45) is 10.6. The minimum Gasteiger partial charge on any atom is -0.362 e. The molecule has 238 valence electrons. The highest BCUT2D eigenvalue weighted by molar-refractivity contribution is 5.65. The predicted molar refractivity (Wildman–Crippen MR) is 190 cm³/mol. The largest absolute Gasteiger partial charge is 0.362 e. The molecule has 0 unspecified atom stereocenters.